The van der Waals surface area contributed by atoms with Gasteiger partial charge in [0.1, 0.15) is 5.75 Å². The summed E-state index contributed by atoms with van der Waals surface area (Å²) in [6.07, 6.45) is 1.12. The number of rotatable bonds is 6. The van der Waals surface area contributed by atoms with Crippen LogP contribution in [0.25, 0.3) is 10.8 Å². The quantitative estimate of drug-likeness (QED) is 0.596. The lowest BCUT2D eigenvalue weighted by Gasteiger charge is -2.08. The zero-order valence-electron chi connectivity index (χ0n) is 12.5. The number of hydrogen-bond acceptors (Lipinski definition) is 5. The molecule has 0 saturated heterocycles. The van der Waals surface area contributed by atoms with Crippen molar-refractivity contribution in [2.45, 2.75) is 19.9 Å². The van der Waals surface area contributed by atoms with Crippen molar-refractivity contribution in [3.63, 3.8) is 0 Å². The molecule has 1 heterocycles. The van der Waals surface area contributed by atoms with E-state index in [0.29, 0.717) is 5.75 Å². The molecule has 22 heavy (non-hydrogen) atoms. The van der Waals surface area contributed by atoms with E-state index in [1.54, 1.807) is 17.4 Å². The molecule has 0 saturated carbocycles. The summed E-state index contributed by atoms with van der Waals surface area (Å²) in [6, 6.07) is 11.4. The number of phenols is 1. The molecule has 0 bridgehead atoms. The maximum atomic E-state index is 9.94. The van der Waals surface area contributed by atoms with Crippen LogP contribution in [0.1, 0.15) is 19.0 Å². The Bertz CT molecular complexity index is 769. The van der Waals surface area contributed by atoms with E-state index in [-0.39, 0.29) is 0 Å². The number of thiazole rings is 1. The van der Waals surface area contributed by atoms with Crippen molar-refractivity contribution in [2.24, 2.45) is 0 Å². The Kier molecular flexibility index (Phi) is 4.56. The summed E-state index contributed by atoms with van der Waals surface area (Å²) in [5.74, 6) is 0.296. The molecule has 0 aliphatic rings. The molecule has 0 unspecified atom stereocenters. The lowest BCUT2D eigenvalue weighted by Crippen LogP contribution is -2.13. The van der Waals surface area contributed by atoms with Crippen LogP contribution in [0.5, 0.6) is 5.75 Å². The third-order valence-corrected chi connectivity index (χ3v) is 4.23. The van der Waals surface area contributed by atoms with E-state index in [9.17, 15) is 5.11 Å². The van der Waals surface area contributed by atoms with Gasteiger partial charge in [-0.25, -0.2) is 4.98 Å². The number of benzene rings is 2. The molecule has 3 aromatic rings. The van der Waals surface area contributed by atoms with Crippen LogP contribution in [-0.2, 0) is 6.54 Å². The number of hydrogen-bond donors (Lipinski definition) is 3. The first-order chi connectivity index (χ1) is 10.8. The summed E-state index contributed by atoms with van der Waals surface area (Å²) < 4.78 is 0. The van der Waals surface area contributed by atoms with Gasteiger partial charge in [0, 0.05) is 28.4 Å². The first-order valence-electron chi connectivity index (χ1n) is 7.41. The number of aromatic nitrogens is 1. The Hall–Kier alpha value is -2.11. The molecule has 2 aromatic carbocycles. The number of phenolic OH excluding ortho intramolecular Hbond substituents is 1. The van der Waals surface area contributed by atoms with Gasteiger partial charge < -0.3 is 15.7 Å². The van der Waals surface area contributed by atoms with Crippen molar-refractivity contribution >= 4 is 32.9 Å². The van der Waals surface area contributed by atoms with E-state index in [1.807, 2.05) is 30.3 Å². The summed E-state index contributed by atoms with van der Waals surface area (Å²) >= 11 is 1.59. The Balaban J connectivity index is 1.80. The predicted molar refractivity (Wildman–Crippen MR) is 93.0 cm³/mol. The zero-order chi connectivity index (χ0) is 15.4. The smallest absolute Gasteiger partial charge is 0.187 e. The highest BCUT2D eigenvalue weighted by atomic mass is 32.1. The third-order valence-electron chi connectivity index (χ3n) is 3.43. The van der Waals surface area contributed by atoms with Gasteiger partial charge in [-0.1, -0.05) is 31.2 Å². The van der Waals surface area contributed by atoms with Crippen LogP contribution in [-0.4, -0.2) is 16.6 Å². The van der Waals surface area contributed by atoms with Gasteiger partial charge in [0.2, 0.25) is 0 Å². The summed E-state index contributed by atoms with van der Waals surface area (Å²) in [5.41, 5.74) is 2.00. The van der Waals surface area contributed by atoms with Gasteiger partial charge in [0.25, 0.3) is 0 Å². The summed E-state index contributed by atoms with van der Waals surface area (Å²) in [7, 11) is 0. The fourth-order valence-electron chi connectivity index (χ4n) is 2.36. The van der Waals surface area contributed by atoms with Crippen molar-refractivity contribution in [2.75, 3.05) is 11.9 Å². The molecule has 0 amide bonds. The number of aromatic hydroxyl groups is 1. The van der Waals surface area contributed by atoms with Crippen molar-refractivity contribution in [1.29, 1.82) is 0 Å². The first kappa shape index (κ1) is 14.8. The molecule has 3 N–H and O–H groups in total. The van der Waals surface area contributed by atoms with Gasteiger partial charge in [-0.05, 0) is 25.1 Å². The molecule has 0 atom stereocenters. The molecular weight excluding hydrogens is 294 g/mol. The average molecular weight is 313 g/mol. The van der Waals surface area contributed by atoms with E-state index in [2.05, 4.69) is 27.9 Å². The fraction of sp³-hybridized carbons (Fsp3) is 0.235. The number of anilines is 2. The number of nitrogens with one attached hydrogen (secondary N) is 2. The van der Waals surface area contributed by atoms with Crippen LogP contribution in [0.4, 0.5) is 10.8 Å². The van der Waals surface area contributed by atoms with Gasteiger partial charge in [0.15, 0.2) is 5.13 Å². The SMILES string of the molecule is CCCNCc1csc(Nc2cccc3c(O)cccc23)n1. The van der Waals surface area contributed by atoms with Crippen LogP contribution in [0, 0.1) is 0 Å². The maximum Gasteiger partial charge on any atom is 0.187 e. The first-order valence-corrected chi connectivity index (χ1v) is 8.28. The number of nitrogens with zero attached hydrogens (tertiary/aromatic N) is 1. The fourth-order valence-corrected chi connectivity index (χ4v) is 3.08. The second-order valence-electron chi connectivity index (χ2n) is 5.12. The van der Waals surface area contributed by atoms with Crippen LogP contribution in [0.15, 0.2) is 41.8 Å². The minimum Gasteiger partial charge on any atom is -0.507 e. The van der Waals surface area contributed by atoms with Crippen LogP contribution in [0.3, 0.4) is 0 Å². The Labute approximate surface area is 133 Å². The van der Waals surface area contributed by atoms with E-state index in [4.69, 9.17) is 0 Å². The van der Waals surface area contributed by atoms with Gasteiger partial charge in [-0.3, -0.25) is 0 Å². The lowest BCUT2D eigenvalue weighted by molar-refractivity contribution is 0.481. The highest BCUT2D eigenvalue weighted by Crippen LogP contribution is 2.32. The lowest BCUT2D eigenvalue weighted by atomic mass is 10.1. The van der Waals surface area contributed by atoms with Gasteiger partial charge in [-0.15, -0.1) is 11.3 Å². The largest absolute Gasteiger partial charge is 0.507 e. The highest BCUT2D eigenvalue weighted by molar-refractivity contribution is 7.13. The van der Waals surface area contributed by atoms with Gasteiger partial charge in [-0.2, -0.15) is 0 Å². The molecule has 1 aromatic heterocycles. The average Bonchev–Trinajstić information content (AvgIpc) is 2.96. The molecule has 0 spiro atoms. The maximum absolute atomic E-state index is 9.94. The summed E-state index contributed by atoms with van der Waals surface area (Å²) in [6.45, 7) is 3.95. The van der Waals surface area contributed by atoms with E-state index in [0.717, 1.165) is 46.8 Å². The molecule has 5 heteroatoms. The van der Waals surface area contributed by atoms with Gasteiger partial charge >= 0.3 is 0 Å². The Morgan fingerprint density at radius 1 is 1.14 bits per heavy atom. The molecule has 114 valence electrons. The Morgan fingerprint density at radius 2 is 1.95 bits per heavy atom. The molecule has 0 radical (unpaired) electrons. The molecule has 0 aliphatic heterocycles. The second-order valence-corrected chi connectivity index (χ2v) is 5.98. The molecule has 3 rings (SSSR count). The van der Waals surface area contributed by atoms with Crippen molar-refractivity contribution in [3.8, 4) is 5.75 Å². The van der Waals surface area contributed by atoms with E-state index in [1.165, 1.54) is 0 Å². The van der Waals surface area contributed by atoms with E-state index < -0.39 is 0 Å². The summed E-state index contributed by atoms with van der Waals surface area (Å²) in [5, 5.41) is 21.4. The third kappa shape index (κ3) is 3.21. The van der Waals surface area contributed by atoms with Crippen molar-refractivity contribution in [1.82, 2.24) is 10.3 Å². The second kappa shape index (κ2) is 6.77. The predicted octanol–water partition coefficient (Wildman–Crippen LogP) is 4.25. The minimum atomic E-state index is 0.296. The van der Waals surface area contributed by atoms with Crippen molar-refractivity contribution in [3.05, 3.63) is 47.5 Å². The number of fused-ring (bicyclic) bond motifs is 1. The minimum absolute atomic E-state index is 0.296. The Morgan fingerprint density at radius 3 is 2.82 bits per heavy atom. The topological polar surface area (TPSA) is 57.2 Å². The van der Waals surface area contributed by atoms with Crippen LogP contribution >= 0.6 is 11.3 Å². The standard InChI is InChI=1S/C17H19N3OS/c1-2-9-18-10-12-11-22-17(19-12)20-15-7-3-6-14-13(15)5-4-8-16(14)21/h3-8,11,18,21H,2,9-10H2,1H3,(H,19,20). The molecule has 0 fully saturated rings. The summed E-state index contributed by atoms with van der Waals surface area (Å²) in [4.78, 5) is 4.59. The molecule has 0 aliphatic carbocycles. The molecular formula is C17H19N3OS. The van der Waals surface area contributed by atoms with E-state index >= 15 is 0 Å². The van der Waals surface area contributed by atoms with Gasteiger partial charge in [0.05, 0.1) is 5.69 Å². The monoisotopic (exact) mass is 313 g/mol. The normalized spacial score (nSPS) is 11.0. The van der Waals surface area contributed by atoms with Crippen LogP contribution < -0.4 is 10.6 Å². The van der Waals surface area contributed by atoms with Crippen LogP contribution in [0.2, 0.25) is 0 Å². The highest BCUT2D eigenvalue weighted by Gasteiger charge is 2.07. The molecule has 4 nitrogen and oxygen atoms in total. The van der Waals surface area contributed by atoms with Crippen molar-refractivity contribution < 1.29 is 5.11 Å². The zero-order valence-corrected chi connectivity index (χ0v) is 13.3.